The molecule has 0 spiro atoms. The molecule has 1 heterocycles. The summed E-state index contributed by atoms with van der Waals surface area (Å²) >= 11 is 0. The van der Waals surface area contributed by atoms with Gasteiger partial charge in [0.05, 0.1) is 18.1 Å². The lowest BCUT2D eigenvalue weighted by atomic mass is 10.1. The van der Waals surface area contributed by atoms with Crippen LogP contribution in [-0.4, -0.2) is 17.1 Å². The third-order valence-corrected chi connectivity index (χ3v) is 2.60. The van der Waals surface area contributed by atoms with Crippen molar-refractivity contribution >= 4 is 11.0 Å². The summed E-state index contributed by atoms with van der Waals surface area (Å²) in [5.41, 5.74) is 5.11. The van der Waals surface area contributed by atoms with Gasteiger partial charge in [0.2, 0.25) is 5.88 Å². The van der Waals surface area contributed by atoms with Gasteiger partial charge in [0.1, 0.15) is 5.69 Å². The number of rotatable bonds is 1. The molecule has 0 radical (unpaired) electrons. The van der Waals surface area contributed by atoms with Crippen LogP contribution in [-0.2, 0) is 0 Å². The number of aryl methyl sites for hydroxylation is 3. The number of benzene rings is 1. The van der Waals surface area contributed by atoms with Crippen LogP contribution in [0, 0.1) is 20.8 Å². The highest BCUT2D eigenvalue weighted by Gasteiger charge is 2.06. The van der Waals surface area contributed by atoms with E-state index in [9.17, 15) is 0 Å². The van der Waals surface area contributed by atoms with Crippen molar-refractivity contribution in [2.24, 2.45) is 0 Å². The highest BCUT2D eigenvalue weighted by atomic mass is 16.5. The summed E-state index contributed by atoms with van der Waals surface area (Å²) in [5, 5.41) is 0. The molecule has 0 saturated carbocycles. The fraction of sp³-hybridized carbons (Fsp3) is 0.333. The van der Waals surface area contributed by atoms with Crippen LogP contribution in [0.4, 0.5) is 0 Å². The maximum absolute atomic E-state index is 5.15. The summed E-state index contributed by atoms with van der Waals surface area (Å²) in [6.07, 6.45) is 0. The summed E-state index contributed by atoms with van der Waals surface area (Å²) in [7, 11) is 1.61. The smallest absolute Gasteiger partial charge is 0.235 e. The Kier molecular flexibility index (Phi) is 2.31. The number of fused-ring (bicyclic) bond motifs is 1. The van der Waals surface area contributed by atoms with Gasteiger partial charge >= 0.3 is 0 Å². The summed E-state index contributed by atoms with van der Waals surface area (Å²) in [4.78, 5) is 8.87. The predicted molar refractivity (Wildman–Crippen MR) is 60.3 cm³/mol. The van der Waals surface area contributed by atoms with Crippen LogP contribution in [0.15, 0.2) is 12.1 Å². The minimum atomic E-state index is 0.603. The van der Waals surface area contributed by atoms with Gasteiger partial charge in [-0.25, -0.2) is 9.97 Å². The van der Waals surface area contributed by atoms with Gasteiger partial charge in [0, 0.05) is 0 Å². The van der Waals surface area contributed by atoms with E-state index in [2.05, 4.69) is 29.9 Å². The molecule has 15 heavy (non-hydrogen) atoms. The molecule has 2 rings (SSSR count). The van der Waals surface area contributed by atoms with Crippen molar-refractivity contribution in [3.63, 3.8) is 0 Å². The maximum atomic E-state index is 5.15. The molecule has 2 aromatic rings. The van der Waals surface area contributed by atoms with Gasteiger partial charge in [0.15, 0.2) is 0 Å². The highest BCUT2D eigenvalue weighted by molar-refractivity contribution is 5.77. The van der Waals surface area contributed by atoms with Crippen molar-refractivity contribution in [2.45, 2.75) is 20.8 Å². The molecule has 3 heteroatoms. The van der Waals surface area contributed by atoms with Crippen molar-refractivity contribution in [2.75, 3.05) is 7.11 Å². The fourth-order valence-corrected chi connectivity index (χ4v) is 1.58. The van der Waals surface area contributed by atoms with Crippen molar-refractivity contribution < 1.29 is 4.74 Å². The molecule has 0 aliphatic rings. The molecular formula is C12H14N2O. The Hall–Kier alpha value is -1.64. The SMILES string of the molecule is COc1nc2cc(C)c(C)cc2nc1C. The van der Waals surface area contributed by atoms with Crippen LogP contribution < -0.4 is 4.74 Å². The van der Waals surface area contributed by atoms with E-state index in [1.807, 2.05) is 13.0 Å². The fourth-order valence-electron chi connectivity index (χ4n) is 1.58. The summed E-state index contributed by atoms with van der Waals surface area (Å²) < 4.78 is 5.15. The van der Waals surface area contributed by atoms with E-state index >= 15 is 0 Å². The maximum Gasteiger partial charge on any atom is 0.235 e. The van der Waals surface area contributed by atoms with E-state index < -0.39 is 0 Å². The van der Waals surface area contributed by atoms with Gasteiger partial charge in [0.25, 0.3) is 0 Å². The molecule has 0 N–H and O–H groups in total. The average molecular weight is 202 g/mol. The summed E-state index contributed by atoms with van der Waals surface area (Å²) in [6.45, 7) is 6.05. The monoisotopic (exact) mass is 202 g/mol. The molecule has 1 aromatic carbocycles. The second kappa shape index (κ2) is 3.50. The lowest BCUT2D eigenvalue weighted by Gasteiger charge is -2.06. The minimum Gasteiger partial charge on any atom is -0.480 e. The zero-order valence-corrected chi connectivity index (χ0v) is 9.46. The Morgan fingerprint density at radius 2 is 1.47 bits per heavy atom. The third kappa shape index (κ3) is 1.65. The Morgan fingerprint density at radius 1 is 0.933 bits per heavy atom. The van der Waals surface area contributed by atoms with Crippen LogP contribution in [0.5, 0.6) is 5.88 Å². The zero-order chi connectivity index (χ0) is 11.0. The second-order valence-electron chi connectivity index (χ2n) is 3.74. The highest BCUT2D eigenvalue weighted by Crippen LogP contribution is 2.20. The van der Waals surface area contributed by atoms with Gasteiger partial charge in [-0.1, -0.05) is 0 Å². The number of nitrogens with zero attached hydrogens (tertiary/aromatic N) is 2. The van der Waals surface area contributed by atoms with Crippen LogP contribution >= 0.6 is 0 Å². The first-order valence-corrected chi connectivity index (χ1v) is 4.91. The molecule has 0 amide bonds. The normalized spacial score (nSPS) is 10.7. The molecule has 3 nitrogen and oxygen atoms in total. The van der Waals surface area contributed by atoms with Crippen LogP contribution in [0.1, 0.15) is 16.8 Å². The van der Waals surface area contributed by atoms with Crippen molar-refractivity contribution in [3.05, 3.63) is 29.0 Å². The average Bonchev–Trinajstić information content (AvgIpc) is 2.20. The van der Waals surface area contributed by atoms with E-state index in [-0.39, 0.29) is 0 Å². The van der Waals surface area contributed by atoms with E-state index in [1.165, 1.54) is 11.1 Å². The third-order valence-electron chi connectivity index (χ3n) is 2.60. The van der Waals surface area contributed by atoms with Crippen molar-refractivity contribution in [3.8, 4) is 5.88 Å². The summed E-state index contributed by atoms with van der Waals surface area (Å²) in [6, 6.07) is 4.10. The number of ether oxygens (including phenoxy) is 1. The Balaban J connectivity index is 2.76. The Morgan fingerprint density at radius 3 is 2.00 bits per heavy atom. The van der Waals surface area contributed by atoms with E-state index in [0.717, 1.165) is 16.7 Å². The molecule has 0 saturated heterocycles. The topological polar surface area (TPSA) is 35.0 Å². The number of methoxy groups -OCH3 is 1. The second-order valence-corrected chi connectivity index (χ2v) is 3.74. The minimum absolute atomic E-state index is 0.603. The molecule has 0 unspecified atom stereocenters. The largest absolute Gasteiger partial charge is 0.480 e. The predicted octanol–water partition coefficient (Wildman–Crippen LogP) is 2.56. The van der Waals surface area contributed by atoms with Crippen molar-refractivity contribution in [1.82, 2.24) is 9.97 Å². The number of aromatic nitrogens is 2. The van der Waals surface area contributed by atoms with Crippen LogP contribution in [0.3, 0.4) is 0 Å². The van der Waals surface area contributed by atoms with Gasteiger partial charge in [-0.15, -0.1) is 0 Å². The van der Waals surface area contributed by atoms with Gasteiger partial charge in [-0.2, -0.15) is 0 Å². The van der Waals surface area contributed by atoms with Crippen molar-refractivity contribution in [1.29, 1.82) is 0 Å². The molecule has 0 atom stereocenters. The van der Waals surface area contributed by atoms with Gasteiger partial charge in [-0.05, 0) is 44.0 Å². The van der Waals surface area contributed by atoms with E-state index in [1.54, 1.807) is 7.11 Å². The first kappa shape index (κ1) is 9.90. The lowest BCUT2D eigenvalue weighted by molar-refractivity contribution is 0.394. The zero-order valence-electron chi connectivity index (χ0n) is 9.46. The number of hydrogen-bond acceptors (Lipinski definition) is 3. The Labute approximate surface area is 89.1 Å². The van der Waals surface area contributed by atoms with E-state index in [0.29, 0.717) is 5.88 Å². The molecule has 1 aromatic heterocycles. The first-order valence-electron chi connectivity index (χ1n) is 4.91. The molecule has 0 aliphatic carbocycles. The van der Waals surface area contributed by atoms with E-state index in [4.69, 9.17) is 4.74 Å². The molecule has 0 aliphatic heterocycles. The standard InChI is InChI=1S/C12H14N2O/c1-7-5-10-11(6-8(7)2)14-12(15-4)9(3)13-10/h5-6H,1-4H3. The molecule has 78 valence electrons. The number of hydrogen-bond donors (Lipinski definition) is 0. The van der Waals surface area contributed by atoms with Crippen LogP contribution in [0.2, 0.25) is 0 Å². The first-order chi connectivity index (χ1) is 7.11. The van der Waals surface area contributed by atoms with Gasteiger partial charge in [-0.3, -0.25) is 0 Å². The molecule has 0 fully saturated rings. The molecule has 0 bridgehead atoms. The molecular weight excluding hydrogens is 188 g/mol. The lowest BCUT2D eigenvalue weighted by Crippen LogP contribution is -1.96. The Bertz CT molecular complexity index is 521. The van der Waals surface area contributed by atoms with Crippen LogP contribution in [0.25, 0.3) is 11.0 Å². The van der Waals surface area contributed by atoms with Gasteiger partial charge < -0.3 is 4.74 Å². The summed E-state index contributed by atoms with van der Waals surface area (Å²) in [5.74, 6) is 0.603. The quantitative estimate of drug-likeness (QED) is 0.712.